The van der Waals surface area contributed by atoms with E-state index < -0.39 is 6.04 Å². The van der Waals surface area contributed by atoms with Crippen molar-refractivity contribution in [3.8, 4) is 0 Å². The van der Waals surface area contributed by atoms with Crippen LogP contribution in [0.25, 0.3) is 0 Å². The average Bonchev–Trinajstić information content (AvgIpc) is 2.84. The molecule has 0 aliphatic carbocycles. The van der Waals surface area contributed by atoms with Gasteiger partial charge in [0.2, 0.25) is 11.8 Å². The quantitative estimate of drug-likeness (QED) is 0.291. The van der Waals surface area contributed by atoms with Crippen molar-refractivity contribution in [2.75, 3.05) is 12.3 Å². The Balaban J connectivity index is 1.82. The molecule has 0 saturated heterocycles. The second-order valence-electron chi connectivity index (χ2n) is 7.98. The van der Waals surface area contributed by atoms with Gasteiger partial charge in [0.25, 0.3) is 0 Å². The first-order valence-corrected chi connectivity index (χ1v) is 13.5. The molecule has 1 N–H and O–H groups in total. The Kier molecular flexibility index (Phi) is 10.8. The maximum Gasteiger partial charge on any atom is 0.243 e. The van der Waals surface area contributed by atoms with E-state index in [9.17, 15) is 9.59 Å². The first kappa shape index (κ1) is 27.4. The molecule has 0 radical (unpaired) electrons. The van der Waals surface area contributed by atoms with Crippen molar-refractivity contribution in [2.24, 2.45) is 0 Å². The number of likely N-dealkylation sites (N-methyl/N-ethyl adjacent to an activating group) is 1. The highest BCUT2D eigenvalue weighted by molar-refractivity contribution is 7.99. The number of nitrogens with one attached hydrogen (secondary N) is 1. The molecule has 0 aliphatic heterocycles. The summed E-state index contributed by atoms with van der Waals surface area (Å²) in [4.78, 5) is 28.3. The van der Waals surface area contributed by atoms with Crippen molar-refractivity contribution in [1.82, 2.24) is 10.2 Å². The predicted octanol–water partition coefficient (Wildman–Crippen LogP) is 6.66. The summed E-state index contributed by atoms with van der Waals surface area (Å²) in [5, 5.41) is 4.66. The lowest BCUT2D eigenvalue weighted by Gasteiger charge is -2.31. The van der Waals surface area contributed by atoms with Gasteiger partial charge in [0.15, 0.2) is 0 Å². The third kappa shape index (κ3) is 8.46. The molecule has 1 atom stereocenters. The number of hydrogen-bond donors (Lipinski definition) is 1. The number of thioether (sulfide) groups is 1. The molecule has 0 bridgehead atoms. The molecule has 3 rings (SSSR count). The predicted molar refractivity (Wildman–Crippen MR) is 147 cm³/mol. The molecule has 4 nitrogen and oxygen atoms in total. The molecular formula is C27H27Cl3N2O2S. The van der Waals surface area contributed by atoms with Crippen molar-refractivity contribution in [1.29, 1.82) is 0 Å². The van der Waals surface area contributed by atoms with Gasteiger partial charge in [-0.2, -0.15) is 0 Å². The number of hydrogen-bond acceptors (Lipinski definition) is 3. The van der Waals surface area contributed by atoms with Gasteiger partial charge in [-0.3, -0.25) is 9.59 Å². The molecule has 0 fully saturated rings. The van der Waals surface area contributed by atoms with Crippen molar-refractivity contribution < 1.29 is 9.59 Å². The highest BCUT2D eigenvalue weighted by Gasteiger charge is 2.30. The molecule has 0 aromatic heterocycles. The van der Waals surface area contributed by atoms with Crippen molar-refractivity contribution in [3.05, 3.63) is 105 Å². The SMILES string of the molecule is CCNC(=O)[C@@H](Cc1ccccc1)N(Cc1ccc(Cl)cc1)C(=O)CSCc1ccc(Cl)cc1Cl. The van der Waals surface area contributed by atoms with E-state index in [-0.39, 0.29) is 17.6 Å². The Morgan fingerprint density at radius 3 is 2.26 bits per heavy atom. The van der Waals surface area contributed by atoms with Crippen LogP contribution in [0.5, 0.6) is 0 Å². The van der Waals surface area contributed by atoms with Gasteiger partial charge in [0.05, 0.1) is 5.75 Å². The summed E-state index contributed by atoms with van der Waals surface area (Å²) in [6.07, 6.45) is 0.416. The van der Waals surface area contributed by atoms with Crippen LogP contribution in [-0.2, 0) is 28.3 Å². The summed E-state index contributed by atoms with van der Waals surface area (Å²) in [5.41, 5.74) is 2.79. The Labute approximate surface area is 225 Å². The fraction of sp³-hybridized carbons (Fsp3) is 0.259. The van der Waals surface area contributed by atoms with E-state index in [2.05, 4.69) is 5.32 Å². The summed E-state index contributed by atoms with van der Waals surface area (Å²) < 4.78 is 0. The van der Waals surface area contributed by atoms with Crippen molar-refractivity contribution >= 4 is 58.4 Å². The van der Waals surface area contributed by atoms with E-state index in [0.29, 0.717) is 40.3 Å². The van der Waals surface area contributed by atoms with Crippen LogP contribution in [0.3, 0.4) is 0 Å². The van der Waals surface area contributed by atoms with Crippen LogP contribution in [0.15, 0.2) is 72.8 Å². The fourth-order valence-electron chi connectivity index (χ4n) is 3.60. The smallest absolute Gasteiger partial charge is 0.243 e. The minimum Gasteiger partial charge on any atom is -0.355 e. The second kappa shape index (κ2) is 13.8. The Hall–Kier alpha value is -2.18. The highest BCUT2D eigenvalue weighted by Crippen LogP contribution is 2.25. The zero-order valence-electron chi connectivity index (χ0n) is 19.3. The third-order valence-corrected chi connectivity index (χ3v) is 7.19. The van der Waals surface area contributed by atoms with Gasteiger partial charge in [-0.05, 0) is 47.9 Å². The van der Waals surface area contributed by atoms with Crippen LogP contribution >= 0.6 is 46.6 Å². The maximum absolute atomic E-state index is 13.5. The highest BCUT2D eigenvalue weighted by atomic mass is 35.5. The first-order valence-electron chi connectivity index (χ1n) is 11.2. The minimum atomic E-state index is -0.653. The molecule has 3 aromatic rings. The Morgan fingerprint density at radius 2 is 1.60 bits per heavy atom. The molecule has 184 valence electrons. The molecular weight excluding hydrogens is 523 g/mol. The Bertz CT molecular complexity index is 1130. The molecule has 0 heterocycles. The van der Waals surface area contributed by atoms with Crippen LogP contribution < -0.4 is 5.32 Å². The van der Waals surface area contributed by atoms with E-state index >= 15 is 0 Å². The van der Waals surface area contributed by atoms with E-state index in [1.54, 1.807) is 29.2 Å². The van der Waals surface area contributed by atoms with Gasteiger partial charge in [0, 0.05) is 40.3 Å². The molecule has 0 unspecified atom stereocenters. The topological polar surface area (TPSA) is 49.4 Å². The standard InChI is InChI=1S/C27H27Cl3N2O2S/c1-2-31-27(34)25(14-19-6-4-3-5-7-19)32(16-20-8-11-22(28)12-9-20)26(33)18-35-17-21-10-13-23(29)15-24(21)30/h3-13,15,25H,2,14,16-18H2,1H3,(H,31,34)/t25-/m1/s1. The zero-order chi connectivity index (χ0) is 25.2. The zero-order valence-corrected chi connectivity index (χ0v) is 22.4. The normalized spacial score (nSPS) is 11.7. The molecule has 2 amide bonds. The lowest BCUT2D eigenvalue weighted by molar-refractivity contribution is -0.139. The lowest BCUT2D eigenvalue weighted by Crippen LogP contribution is -2.51. The number of carbonyl (C=O) groups excluding carboxylic acids is 2. The second-order valence-corrected chi connectivity index (χ2v) is 10.2. The van der Waals surface area contributed by atoms with Gasteiger partial charge in [-0.15, -0.1) is 11.8 Å². The van der Waals surface area contributed by atoms with Crippen LogP contribution in [0, 0.1) is 0 Å². The average molecular weight is 550 g/mol. The van der Waals surface area contributed by atoms with Crippen molar-refractivity contribution in [3.63, 3.8) is 0 Å². The molecule has 0 saturated carbocycles. The lowest BCUT2D eigenvalue weighted by atomic mass is 10.0. The number of rotatable bonds is 11. The van der Waals surface area contributed by atoms with Gasteiger partial charge < -0.3 is 10.2 Å². The molecule has 35 heavy (non-hydrogen) atoms. The summed E-state index contributed by atoms with van der Waals surface area (Å²) in [7, 11) is 0. The fourth-order valence-corrected chi connectivity index (χ4v) is 5.20. The van der Waals surface area contributed by atoms with Crippen LogP contribution in [0.4, 0.5) is 0 Å². The van der Waals surface area contributed by atoms with Crippen LogP contribution in [0.2, 0.25) is 15.1 Å². The molecule has 0 spiro atoms. The van der Waals surface area contributed by atoms with Gasteiger partial charge in [0.1, 0.15) is 6.04 Å². The van der Waals surface area contributed by atoms with Crippen LogP contribution in [-0.4, -0.2) is 35.1 Å². The first-order chi connectivity index (χ1) is 16.9. The van der Waals surface area contributed by atoms with Gasteiger partial charge in [-0.1, -0.05) is 83.3 Å². The number of halogens is 3. The van der Waals surface area contributed by atoms with Gasteiger partial charge in [-0.25, -0.2) is 0 Å². The molecule has 3 aromatic carbocycles. The van der Waals surface area contributed by atoms with E-state index in [4.69, 9.17) is 34.8 Å². The molecule has 8 heteroatoms. The Morgan fingerprint density at radius 1 is 0.914 bits per heavy atom. The number of carbonyl (C=O) groups is 2. The number of benzene rings is 3. The largest absolute Gasteiger partial charge is 0.355 e. The molecule has 0 aliphatic rings. The number of nitrogens with zero attached hydrogens (tertiary/aromatic N) is 1. The maximum atomic E-state index is 13.5. The van der Waals surface area contributed by atoms with Gasteiger partial charge >= 0.3 is 0 Å². The van der Waals surface area contributed by atoms with E-state index in [0.717, 1.165) is 16.7 Å². The summed E-state index contributed by atoms with van der Waals surface area (Å²) in [5.74, 6) is 0.463. The summed E-state index contributed by atoms with van der Waals surface area (Å²) in [6, 6.07) is 21.7. The third-order valence-electron chi connectivity index (χ3n) is 5.39. The summed E-state index contributed by atoms with van der Waals surface area (Å²) in [6.45, 7) is 2.65. The number of amides is 2. The van der Waals surface area contributed by atoms with E-state index in [1.165, 1.54) is 11.8 Å². The van der Waals surface area contributed by atoms with E-state index in [1.807, 2.05) is 55.5 Å². The summed E-state index contributed by atoms with van der Waals surface area (Å²) >= 11 is 19.8. The van der Waals surface area contributed by atoms with Crippen LogP contribution in [0.1, 0.15) is 23.6 Å². The van der Waals surface area contributed by atoms with Crippen molar-refractivity contribution in [2.45, 2.75) is 31.7 Å². The minimum absolute atomic E-state index is 0.123. The monoisotopic (exact) mass is 548 g/mol.